The third-order valence-electron chi connectivity index (χ3n) is 4.32. The van der Waals surface area contributed by atoms with Crippen LogP contribution in [-0.4, -0.2) is 24.3 Å². The lowest BCUT2D eigenvalue weighted by Gasteiger charge is -2.14. The van der Waals surface area contributed by atoms with Crippen LogP contribution in [-0.2, 0) is 16.0 Å². The first-order valence-electron chi connectivity index (χ1n) is 8.89. The van der Waals surface area contributed by atoms with Gasteiger partial charge in [0.1, 0.15) is 5.75 Å². The predicted octanol–water partition coefficient (Wildman–Crippen LogP) is 5.41. The molecule has 0 fully saturated rings. The number of ether oxygens (including phenoxy) is 2. The number of halogens is 1. The van der Waals surface area contributed by atoms with Crippen molar-refractivity contribution in [2.24, 2.45) is 0 Å². The molecule has 0 amide bonds. The maximum atomic E-state index is 11.8. The molecule has 0 unspecified atom stereocenters. The molecule has 0 aliphatic heterocycles. The quantitative estimate of drug-likeness (QED) is 0.473. The summed E-state index contributed by atoms with van der Waals surface area (Å²) in [5, 5.41) is 0. The molecule has 3 rings (SSSR count). The highest BCUT2D eigenvalue weighted by molar-refractivity contribution is 9.10. The minimum absolute atomic E-state index is 0.174. The van der Waals surface area contributed by atoms with Gasteiger partial charge in [-0.15, -0.1) is 0 Å². The molecule has 2 aromatic carbocycles. The summed E-state index contributed by atoms with van der Waals surface area (Å²) in [4.78, 5) is 11.8. The number of hydrogen-bond acceptors (Lipinski definition) is 3. The summed E-state index contributed by atoms with van der Waals surface area (Å²) >= 11 is 3.49. The number of benzene rings is 2. The average Bonchev–Trinajstić information content (AvgIpc) is 3.11. The summed E-state index contributed by atoms with van der Waals surface area (Å²) in [7, 11) is 1.66. The molecule has 27 heavy (non-hydrogen) atoms. The Morgan fingerprint density at radius 2 is 1.70 bits per heavy atom. The van der Waals surface area contributed by atoms with Crippen LogP contribution in [0.4, 0.5) is 0 Å². The Labute approximate surface area is 167 Å². The van der Waals surface area contributed by atoms with Crippen LogP contribution >= 0.6 is 15.9 Å². The van der Waals surface area contributed by atoms with Crippen LogP contribution < -0.4 is 4.74 Å². The van der Waals surface area contributed by atoms with Crippen LogP contribution in [0.3, 0.4) is 0 Å². The number of carbonyl (C=O) groups excluding carboxylic acids is 1. The van der Waals surface area contributed by atoms with Gasteiger partial charge < -0.3 is 14.0 Å². The number of nitrogens with zero attached hydrogens (tertiary/aromatic N) is 1. The second-order valence-electron chi connectivity index (χ2n) is 6.06. The topological polar surface area (TPSA) is 40.5 Å². The molecule has 0 saturated carbocycles. The zero-order chi connectivity index (χ0) is 19.2. The zero-order valence-corrected chi connectivity index (χ0v) is 17.0. The summed E-state index contributed by atoms with van der Waals surface area (Å²) < 4.78 is 13.5. The van der Waals surface area contributed by atoms with Crippen molar-refractivity contribution in [3.63, 3.8) is 0 Å². The molecule has 0 aliphatic rings. The Kier molecular flexibility index (Phi) is 6.35. The molecule has 1 heterocycles. The monoisotopic (exact) mass is 427 g/mol. The number of carbonyl (C=O) groups is 1. The van der Waals surface area contributed by atoms with Crippen LogP contribution in [0.5, 0.6) is 5.75 Å². The van der Waals surface area contributed by atoms with Crippen LogP contribution in [0.25, 0.3) is 16.9 Å². The van der Waals surface area contributed by atoms with Gasteiger partial charge in [0.2, 0.25) is 0 Å². The number of aryl methyl sites for hydroxylation is 1. The molecular formula is C22H22BrNO3. The number of esters is 1. The highest BCUT2D eigenvalue weighted by Gasteiger charge is 2.14. The third kappa shape index (κ3) is 4.61. The van der Waals surface area contributed by atoms with Crippen molar-refractivity contribution < 1.29 is 14.3 Å². The largest absolute Gasteiger partial charge is 0.497 e. The first kappa shape index (κ1) is 19.2. The van der Waals surface area contributed by atoms with Crippen molar-refractivity contribution >= 4 is 21.9 Å². The first-order chi connectivity index (χ1) is 13.1. The van der Waals surface area contributed by atoms with Gasteiger partial charge in [0.15, 0.2) is 0 Å². The van der Waals surface area contributed by atoms with Crippen molar-refractivity contribution in [1.82, 2.24) is 4.57 Å². The molecule has 1 aromatic heterocycles. The first-order valence-corrected chi connectivity index (χ1v) is 9.68. The number of methoxy groups -OCH3 is 1. The second-order valence-corrected chi connectivity index (χ2v) is 6.97. The van der Waals surface area contributed by atoms with Crippen LogP contribution in [0.2, 0.25) is 0 Å². The third-order valence-corrected chi connectivity index (χ3v) is 4.85. The zero-order valence-electron chi connectivity index (χ0n) is 15.4. The van der Waals surface area contributed by atoms with Crippen molar-refractivity contribution in [2.45, 2.75) is 19.8 Å². The van der Waals surface area contributed by atoms with Gasteiger partial charge in [-0.25, -0.2) is 0 Å². The van der Waals surface area contributed by atoms with Gasteiger partial charge in [-0.2, -0.15) is 0 Å². The molecule has 0 radical (unpaired) electrons. The number of rotatable bonds is 7. The standard InChI is InChI=1S/C22H22BrNO3/c1-3-27-22(25)15-11-19-10-14-21(16-4-12-20(26-2)13-5-16)24(19)18-8-6-17(23)7-9-18/h4-10,12-14H,3,11,15H2,1-2H3. The number of hydrogen-bond donors (Lipinski definition) is 0. The molecule has 5 heteroatoms. The van der Waals surface area contributed by atoms with Crippen molar-refractivity contribution in [3.05, 3.63) is 70.8 Å². The molecule has 0 spiro atoms. The summed E-state index contributed by atoms with van der Waals surface area (Å²) in [5.74, 6) is 0.648. The van der Waals surface area contributed by atoms with E-state index >= 15 is 0 Å². The summed E-state index contributed by atoms with van der Waals surface area (Å²) in [6, 6.07) is 20.3. The fourth-order valence-electron chi connectivity index (χ4n) is 3.02. The van der Waals surface area contributed by atoms with Crippen molar-refractivity contribution in [2.75, 3.05) is 13.7 Å². The maximum Gasteiger partial charge on any atom is 0.306 e. The van der Waals surface area contributed by atoms with Gasteiger partial charge in [-0.1, -0.05) is 15.9 Å². The van der Waals surface area contributed by atoms with E-state index in [2.05, 4.69) is 44.8 Å². The van der Waals surface area contributed by atoms with Gasteiger partial charge in [0.05, 0.1) is 25.8 Å². The van der Waals surface area contributed by atoms with E-state index in [1.807, 2.05) is 43.3 Å². The molecule has 4 nitrogen and oxygen atoms in total. The Balaban J connectivity index is 1.99. The lowest BCUT2D eigenvalue weighted by Crippen LogP contribution is -2.08. The van der Waals surface area contributed by atoms with E-state index in [4.69, 9.17) is 9.47 Å². The van der Waals surface area contributed by atoms with Gasteiger partial charge in [-0.3, -0.25) is 4.79 Å². The van der Waals surface area contributed by atoms with E-state index in [1.54, 1.807) is 7.11 Å². The van der Waals surface area contributed by atoms with E-state index in [1.165, 1.54) is 0 Å². The highest BCUT2D eigenvalue weighted by Crippen LogP contribution is 2.29. The fourth-order valence-corrected chi connectivity index (χ4v) is 3.28. The Morgan fingerprint density at radius 3 is 2.33 bits per heavy atom. The second kappa shape index (κ2) is 8.91. The lowest BCUT2D eigenvalue weighted by molar-refractivity contribution is -0.143. The van der Waals surface area contributed by atoms with E-state index < -0.39 is 0 Å². The van der Waals surface area contributed by atoms with E-state index in [9.17, 15) is 4.79 Å². The number of aromatic nitrogens is 1. The van der Waals surface area contributed by atoms with Crippen LogP contribution in [0, 0.1) is 0 Å². The van der Waals surface area contributed by atoms with Crippen LogP contribution in [0.15, 0.2) is 65.1 Å². The minimum atomic E-state index is -0.174. The molecule has 3 aromatic rings. The van der Waals surface area contributed by atoms with Gasteiger partial charge in [0.25, 0.3) is 0 Å². The summed E-state index contributed by atoms with van der Waals surface area (Å²) in [5.41, 5.74) is 4.27. The van der Waals surface area contributed by atoms with E-state index in [-0.39, 0.29) is 5.97 Å². The van der Waals surface area contributed by atoms with Crippen molar-refractivity contribution in [3.8, 4) is 22.7 Å². The predicted molar refractivity (Wildman–Crippen MR) is 110 cm³/mol. The molecule has 0 bridgehead atoms. The van der Waals surface area contributed by atoms with Gasteiger partial charge >= 0.3 is 5.97 Å². The molecular weight excluding hydrogens is 406 g/mol. The Morgan fingerprint density at radius 1 is 1.00 bits per heavy atom. The maximum absolute atomic E-state index is 11.8. The molecule has 0 aliphatic carbocycles. The SMILES string of the molecule is CCOC(=O)CCc1ccc(-c2ccc(OC)cc2)n1-c1ccc(Br)cc1. The van der Waals surface area contributed by atoms with E-state index in [0.29, 0.717) is 19.4 Å². The van der Waals surface area contributed by atoms with Gasteiger partial charge in [0, 0.05) is 15.9 Å². The van der Waals surface area contributed by atoms with Gasteiger partial charge in [-0.05, 0) is 79.6 Å². The lowest BCUT2D eigenvalue weighted by atomic mass is 10.1. The molecule has 140 valence electrons. The fraction of sp³-hybridized carbons (Fsp3) is 0.227. The highest BCUT2D eigenvalue weighted by atomic mass is 79.9. The molecule has 0 atom stereocenters. The molecule has 0 N–H and O–H groups in total. The molecule has 0 saturated heterocycles. The minimum Gasteiger partial charge on any atom is -0.497 e. The summed E-state index contributed by atoms with van der Waals surface area (Å²) in [6.07, 6.45) is 0.974. The Bertz CT molecular complexity index is 898. The van der Waals surface area contributed by atoms with Crippen LogP contribution in [0.1, 0.15) is 19.0 Å². The summed E-state index contributed by atoms with van der Waals surface area (Å²) in [6.45, 7) is 2.23. The van der Waals surface area contributed by atoms with Crippen molar-refractivity contribution in [1.29, 1.82) is 0 Å². The average molecular weight is 428 g/mol. The normalized spacial score (nSPS) is 10.6. The smallest absolute Gasteiger partial charge is 0.306 e. The van der Waals surface area contributed by atoms with E-state index in [0.717, 1.165) is 32.9 Å². The Hall–Kier alpha value is -2.53.